The first kappa shape index (κ1) is 17.5. The van der Waals surface area contributed by atoms with Crippen molar-refractivity contribution in [1.82, 2.24) is 25.4 Å². The van der Waals surface area contributed by atoms with E-state index in [1.54, 1.807) is 6.33 Å². The molecule has 22 heavy (non-hydrogen) atoms. The molecule has 1 saturated heterocycles. The van der Waals surface area contributed by atoms with E-state index in [0.717, 1.165) is 43.6 Å². The van der Waals surface area contributed by atoms with Gasteiger partial charge >= 0.3 is 0 Å². The number of guanidine groups is 1. The van der Waals surface area contributed by atoms with Crippen LogP contribution in [0, 0.1) is 5.92 Å². The predicted octanol–water partition coefficient (Wildman–Crippen LogP) is 2.37. The van der Waals surface area contributed by atoms with Crippen molar-refractivity contribution < 1.29 is 0 Å². The predicted molar refractivity (Wildman–Crippen MR) is 98.6 cm³/mol. The third kappa shape index (κ3) is 4.11. The monoisotopic (exact) mass is 418 g/mol. The molecule has 2 aliphatic rings. The Hall–Kier alpha value is -0.860. The summed E-state index contributed by atoms with van der Waals surface area (Å²) in [6, 6.07) is 0.649. The van der Waals surface area contributed by atoms with Crippen LogP contribution in [0.4, 0.5) is 0 Å². The summed E-state index contributed by atoms with van der Waals surface area (Å²) in [5.74, 6) is 3.48. The summed E-state index contributed by atoms with van der Waals surface area (Å²) < 4.78 is 0. The Labute approximate surface area is 149 Å². The average Bonchev–Trinajstić information content (AvgIpc) is 3.03. The van der Waals surface area contributed by atoms with Crippen molar-refractivity contribution in [2.75, 3.05) is 20.1 Å². The smallest absolute Gasteiger partial charge is 0.193 e. The van der Waals surface area contributed by atoms with Gasteiger partial charge in [-0.05, 0) is 31.6 Å². The summed E-state index contributed by atoms with van der Waals surface area (Å²) >= 11 is 0. The zero-order valence-electron chi connectivity index (χ0n) is 13.5. The number of H-pyrrole nitrogens is 1. The Morgan fingerprint density at radius 3 is 2.82 bits per heavy atom. The molecule has 2 unspecified atom stereocenters. The molecular formula is C15H27IN6. The van der Waals surface area contributed by atoms with Gasteiger partial charge in [0.25, 0.3) is 0 Å². The Kier molecular flexibility index (Phi) is 6.46. The number of aromatic amines is 1. The van der Waals surface area contributed by atoms with Gasteiger partial charge in [0.1, 0.15) is 12.2 Å². The number of likely N-dealkylation sites (tertiary alicyclic amines) is 1. The van der Waals surface area contributed by atoms with Crippen molar-refractivity contribution in [2.45, 2.75) is 51.0 Å². The molecule has 0 aromatic carbocycles. The highest BCUT2D eigenvalue weighted by Gasteiger charge is 2.37. The van der Waals surface area contributed by atoms with Crippen LogP contribution in [0.15, 0.2) is 11.3 Å². The number of aromatic nitrogens is 3. The molecule has 2 heterocycles. The first-order valence-corrected chi connectivity index (χ1v) is 8.15. The number of halogens is 1. The van der Waals surface area contributed by atoms with Gasteiger partial charge in [0.05, 0.1) is 0 Å². The fraction of sp³-hybridized carbons (Fsp3) is 0.800. The van der Waals surface area contributed by atoms with Crippen molar-refractivity contribution in [3.05, 3.63) is 12.2 Å². The Morgan fingerprint density at radius 1 is 1.45 bits per heavy atom. The topological polar surface area (TPSA) is 69.2 Å². The van der Waals surface area contributed by atoms with Crippen molar-refractivity contribution in [1.29, 1.82) is 0 Å². The lowest BCUT2D eigenvalue weighted by atomic mass is 9.96. The fourth-order valence-electron chi connectivity index (χ4n) is 3.35. The van der Waals surface area contributed by atoms with Crippen molar-refractivity contribution in [2.24, 2.45) is 10.9 Å². The molecule has 2 fully saturated rings. The maximum absolute atomic E-state index is 4.47. The quantitative estimate of drug-likeness (QED) is 0.448. The van der Waals surface area contributed by atoms with E-state index in [1.165, 1.54) is 19.3 Å². The third-order valence-corrected chi connectivity index (χ3v) is 4.72. The fourth-order valence-corrected chi connectivity index (χ4v) is 3.35. The minimum atomic E-state index is 0. The second-order valence-electron chi connectivity index (χ2n) is 6.21. The number of nitrogens with one attached hydrogen (secondary N) is 2. The van der Waals surface area contributed by atoms with Gasteiger partial charge in [-0.1, -0.05) is 13.3 Å². The largest absolute Gasteiger partial charge is 0.353 e. The van der Waals surface area contributed by atoms with Crippen LogP contribution in [-0.2, 0) is 0 Å². The van der Waals surface area contributed by atoms with E-state index in [1.807, 2.05) is 7.05 Å². The Balaban J connectivity index is 0.00000176. The third-order valence-electron chi connectivity index (χ3n) is 4.72. The number of hydrogen-bond donors (Lipinski definition) is 2. The lowest BCUT2D eigenvalue weighted by Crippen LogP contribution is -2.46. The van der Waals surface area contributed by atoms with E-state index in [0.29, 0.717) is 12.0 Å². The number of aliphatic imine (C=N–C) groups is 1. The first-order chi connectivity index (χ1) is 10.3. The summed E-state index contributed by atoms with van der Waals surface area (Å²) in [6.45, 7) is 4.34. The molecule has 1 aromatic rings. The molecule has 0 spiro atoms. The Morgan fingerprint density at radius 2 is 2.23 bits per heavy atom. The molecule has 2 atom stereocenters. The standard InChI is InChI=1S/C15H26N6.HI/c1-3-4-12-9-13(12)19-15(16-2)21-7-5-11(6-8-21)14-17-10-18-20-14;/h10-13H,3-9H2,1-2H3,(H,16,19)(H,17,18,20);1H. The van der Waals surface area contributed by atoms with Gasteiger partial charge < -0.3 is 10.2 Å². The lowest BCUT2D eigenvalue weighted by molar-refractivity contribution is 0.298. The van der Waals surface area contributed by atoms with Crippen molar-refractivity contribution >= 4 is 29.9 Å². The molecular weight excluding hydrogens is 391 g/mol. The van der Waals surface area contributed by atoms with E-state index in [9.17, 15) is 0 Å². The normalized spacial score (nSPS) is 25.7. The number of rotatable bonds is 4. The van der Waals surface area contributed by atoms with Gasteiger partial charge in [0.2, 0.25) is 0 Å². The molecule has 1 aliphatic carbocycles. The van der Waals surface area contributed by atoms with Crippen LogP contribution in [0.5, 0.6) is 0 Å². The van der Waals surface area contributed by atoms with Gasteiger partial charge in [0, 0.05) is 32.1 Å². The number of nitrogens with zero attached hydrogens (tertiary/aromatic N) is 4. The number of hydrogen-bond acceptors (Lipinski definition) is 3. The number of piperidine rings is 1. The molecule has 0 bridgehead atoms. The zero-order valence-corrected chi connectivity index (χ0v) is 15.8. The van der Waals surface area contributed by atoms with Crippen LogP contribution in [-0.4, -0.2) is 52.2 Å². The first-order valence-electron chi connectivity index (χ1n) is 8.15. The highest BCUT2D eigenvalue weighted by atomic mass is 127. The summed E-state index contributed by atoms with van der Waals surface area (Å²) in [5.41, 5.74) is 0. The molecule has 2 N–H and O–H groups in total. The molecule has 1 aliphatic heterocycles. The van der Waals surface area contributed by atoms with E-state index in [4.69, 9.17) is 0 Å². The van der Waals surface area contributed by atoms with Crippen LogP contribution in [0.1, 0.15) is 50.8 Å². The van der Waals surface area contributed by atoms with Crippen LogP contribution in [0.2, 0.25) is 0 Å². The van der Waals surface area contributed by atoms with Gasteiger partial charge in [-0.3, -0.25) is 10.1 Å². The van der Waals surface area contributed by atoms with E-state index in [2.05, 4.69) is 37.3 Å². The molecule has 0 amide bonds. The second-order valence-corrected chi connectivity index (χ2v) is 6.21. The molecule has 124 valence electrons. The molecule has 1 saturated carbocycles. The van der Waals surface area contributed by atoms with Crippen LogP contribution in [0.3, 0.4) is 0 Å². The summed E-state index contributed by atoms with van der Waals surface area (Å²) in [6.07, 6.45) is 7.74. The van der Waals surface area contributed by atoms with Gasteiger partial charge in [-0.2, -0.15) is 5.10 Å². The van der Waals surface area contributed by atoms with Crippen LogP contribution >= 0.6 is 24.0 Å². The van der Waals surface area contributed by atoms with Crippen LogP contribution < -0.4 is 5.32 Å². The SMILES string of the molecule is CCCC1CC1NC(=NC)N1CCC(c2ncn[nH]2)CC1.I. The van der Waals surface area contributed by atoms with E-state index < -0.39 is 0 Å². The molecule has 3 rings (SSSR count). The highest BCUT2D eigenvalue weighted by Crippen LogP contribution is 2.35. The maximum Gasteiger partial charge on any atom is 0.193 e. The lowest BCUT2D eigenvalue weighted by Gasteiger charge is -2.33. The molecule has 6 nitrogen and oxygen atoms in total. The van der Waals surface area contributed by atoms with E-state index >= 15 is 0 Å². The van der Waals surface area contributed by atoms with Gasteiger partial charge in [-0.15, -0.1) is 24.0 Å². The average molecular weight is 418 g/mol. The molecule has 1 aromatic heterocycles. The highest BCUT2D eigenvalue weighted by molar-refractivity contribution is 14.0. The Bertz CT molecular complexity index is 466. The van der Waals surface area contributed by atoms with Crippen molar-refractivity contribution in [3.63, 3.8) is 0 Å². The zero-order chi connectivity index (χ0) is 14.7. The van der Waals surface area contributed by atoms with E-state index in [-0.39, 0.29) is 24.0 Å². The minimum Gasteiger partial charge on any atom is -0.353 e. The van der Waals surface area contributed by atoms with Gasteiger partial charge in [0.15, 0.2) is 5.96 Å². The maximum atomic E-state index is 4.47. The minimum absolute atomic E-state index is 0. The molecule has 0 radical (unpaired) electrons. The second kappa shape index (κ2) is 8.12. The van der Waals surface area contributed by atoms with Gasteiger partial charge in [-0.25, -0.2) is 4.98 Å². The summed E-state index contributed by atoms with van der Waals surface area (Å²) in [7, 11) is 1.89. The van der Waals surface area contributed by atoms with Crippen molar-refractivity contribution in [3.8, 4) is 0 Å². The summed E-state index contributed by atoms with van der Waals surface area (Å²) in [4.78, 5) is 11.1. The van der Waals surface area contributed by atoms with Crippen LogP contribution in [0.25, 0.3) is 0 Å². The summed E-state index contributed by atoms with van der Waals surface area (Å²) in [5, 5.41) is 10.6. The molecule has 7 heteroatoms.